The Morgan fingerprint density at radius 1 is 1.04 bits per heavy atom. The molecule has 1 saturated carbocycles. The highest BCUT2D eigenvalue weighted by molar-refractivity contribution is 7.94. The molecule has 0 spiro atoms. The van der Waals surface area contributed by atoms with E-state index >= 15 is 0 Å². The molecule has 1 aliphatic carbocycles. The molecule has 0 atom stereocenters. The van der Waals surface area contributed by atoms with Crippen LogP contribution in [0.25, 0.3) is 10.9 Å². The highest BCUT2D eigenvalue weighted by Crippen LogP contribution is 2.38. The Morgan fingerprint density at radius 2 is 1.69 bits per heavy atom. The van der Waals surface area contributed by atoms with E-state index in [1.54, 1.807) is 20.5 Å². The van der Waals surface area contributed by atoms with E-state index in [0.29, 0.717) is 23.6 Å². The second-order valence-electron chi connectivity index (χ2n) is 6.84. The third kappa shape index (κ3) is 3.28. The number of anilines is 1. The molecular formula is C18H25N5O2S. The van der Waals surface area contributed by atoms with Gasteiger partial charge in [0.2, 0.25) is 0 Å². The first-order chi connectivity index (χ1) is 12.7. The minimum atomic E-state index is 0.552. The van der Waals surface area contributed by atoms with Crippen LogP contribution in [0, 0.1) is 0 Å². The molecule has 7 nitrogen and oxygen atoms in total. The van der Waals surface area contributed by atoms with E-state index in [9.17, 15) is 0 Å². The summed E-state index contributed by atoms with van der Waals surface area (Å²) in [6.45, 7) is 1.93. The largest absolute Gasteiger partial charge is 0.493 e. The van der Waals surface area contributed by atoms with Crippen molar-refractivity contribution in [3.63, 3.8) is 0 Å². The predicted octanol–water partition coefficient (Wildman–Crippen LogP) is 2.60. The summed E-state index contributed by atoms with van der Waals surface area (Å²) in [7, 11) is 3.28. The lowest BCUT2D eigenvalue weighted by Gasteiger charge is -2.38. The molecular weight excluding hydrogens is 350 g/mol. The van der Waals surface area contributed by atoms with Gasteiger partial charge in [-0.25, -0.2) is 14.3 Å². The van der Waals surface area contributed by atoms with Crippen molar-refractivity contribution in [3.8, 4) is 11.5 Å². The maximum absolute atomic E-state index is 5.91. The summed E-state index contributed by atoms with van der Waals surface area (Å²) >= 11 is 1.41. The van der Waals surface area contributed by atoms with Crippen molar-refractivity contribution >= 4 is 28.9 Å². The molecule has 0 radical (unpaired) electrons. The van der Waals surface area contributed by atoms with E-state index in [1.807, 2.05) is 12.1 Å². The highest BCUT2D eigenvalue weighted by atomic mass is 32.2. The number of rotatable bonds is 6. The number of methoxy groups -OCH3 is 2. The van der Waals surface area contributed by atoms with Crippen LogP contribution in [0.5, 0.6) is 11.5 Å². The van der Waals surface area contributed by atoms with E-state index in [-0.39, 0.29) is 0 Å². The Hall–Kier alpha value is -1.77. The predicted molar refractivity (Wildman–Crippen MR) is 105 cm³/mol. The quantitative estimate of drug-likeness (QED) is 0.772. The lowest BCUT2D eigenvalue weighted by molar-refractivity contribution is 0.290. The van der Waals surface area contributed by atoms with Crippen LogP contribution in [-0.2, 0) is 0 Å². The molecule has 2 fully saturated rings. The third-order valence-electron chi connectivity index (χ3n) is 5.27. The minimum Gasteiger partial charge on any atom is -0.493 e. The van der Waals surface area contributed by atoms with Crippen molar-refractivity contribution < 1.29 is 9.47 Å². The van der Waals surface area contributed by atoms with Crippen molar-refractivity contribution in [3.05, 3.63) is 18.5 Å². The molecule has 2 aromatic rings. The number of benzene rings is 1. The van der Waals surface area contributed by atoms with Gasteiger partial charge in [-0.05, 0) is 31.7 Å². The fourth-order valence-corrected chi connectivity index (χ4v) is 4.52. The first-order valence-corrected chi connectivity index (χ1v) is 9.85. The number of aromatic nitrogens is 2. The Morgan fingerprint density at radius 3 is 2.31 bits per heavy atom. The van der Waals surface area contributed by atoms with Crippen LogP contribution in [0.2, 0.25) is 0 Å². The number of nitrogens with two attached hydrogens (primary N) is 1. The van der Waals surface area contributed by atoms with E-state index in [0.717, 1.165) is 42.7 Å². The maximum Gasteiger partial charge on any atom is 0.162 e. The number of hydrogen-bond donors (Lipinski definition) is 1. The molecule has 8 heteroatoms. The van der Waals surface area contributed by atoms with Crippen LogP contribution in [-0.4, -0.2) is 53.7 Å². The van der Waals surface area contributed by atoms with Gasteiger partial charge in [0.25, 0.3) is 0 Å². The van der Waals surface area contributed by atoms with Crippen molar-refractivity contribution in [2.45, 2.75) is 37.8 Å². The molecule has 2 N–H and O–H groups in total. The Kier molecular flexibility index (Phi) is 5.06. The molecule has 1 aromatic carbocycles. The molecule has 1 aliphatic heterocycles. The van der Waals surface area contributed by atoms with Gasteiger partial charge >= 0.3 is 0 Å². The average molecular weight is 375 g/mol. The lowest BCUT2D eigenvalue weighted by Crippen LogP contribution is -2.44. The molecule has 2 heterocycles. The molecule has 0 amide bonds. The van der Waals surface area contributed by atoms with Gasteiger partial charge in [0.05, 0.1) is 19.7 Å². The second-order valence-corrected chi connectivity index (χ2v) is 7.47. The zero-order chi connectivity index (χ0) is 18.1. The molecule has 26 heavy (non-hydrogen) atoms. The summed E-state index contributed by atoms with van der Waals surface area (Å²) in [6, 6.07) is 5.11. The van der Waals surface area contributed by atoms with Crippen molar-refractivity contribution in [2.75, 3.05) is 32.2 Å². The molecule has 1 saturated heterocycles. The van der Waals surface area contributed by atoms with Gasteiger partial charge in [-0.1, -0.05) is 0 Å². The normalized spacial score (nSPS) is 18.5. The van der Waals surface area contributed by atoms with Gasteiger partial charge in [-0.15, -0.1) is 0 Å². The van der Waals surface area contributed by atoms with Crippen LogP contribution in [0.15, 0.2) is 18.5 Å². The SMILES string of the molecule is COc1cc2ncnc(N3CCC(N(SN)C4CC4)CC3)c2cc1OC. The molecule has 2 aliphatic rings. The lowest BCUT2D eigenvalue weighted by atomic mass is 10.0. The number of hydrogen-bond acceptors (Lipinski definition) is 8. The number of ether oxygens (including phenoxy) is 2. The summed E-state index contributed by atoms with van der Waals surface area (Å²) < 4.78 is 13.3. The van der Waals surface area contributed by atoms with Crippen molar-refractivity contribution in [1.82, 2.24) is 14.3 Å². The average Bonchev–Trinajstić information content (AvgIpc) is 3.52. The monoisotopic (exact) mass is 375 g/mol. The van der Waals surface area contributed by atoms with E-state index in [1.165, 1.54) is 25.0 Å². The topological polar surface area (TPSA) is 76.7 Å². The van der Waals surface area contributed by atoms with Crippen LogP contribution in [0.4, 0.5) is 5.82 Å². The second kappa shape index (κ2) is 7.46. The Labute approximate surface area is 158 Å². The number of piperidine rings is 1. The van der Waals surface area contributed by atoms with Crippen LogP contribution in [0.1, 0.15) is 25.7 Å². The fraction of sp³-hybridized carbons (Fsp3) is 0.556. The van der Waals surface area contributed by atoms with Gasteiger partial charge in [-0.3, -0.25) is 5.14 Å². The van der Waals surface area contributed by atoms with Gasteiger partial charge in [0, 0.05) is 48.8 Å². The van der Waals surface area contributed by atoms with Crippen molar-refractivity contribution in [1.29, 1.82) is 0 Å². The van der Waals surface area contributed by atoms with Crippen molar-refractivity contribution in [2.24, 2.45) is 5.14 Å². The highest BCUT2D eigenvalue weighted by Gasteiger charge is 2.36. The Bertz CT molecular complexity index is 778. The van der Waals surface area contributed by atoms with Crippen LogP contribution < -0.4 is 19.5 Å². The standard InChI is InChI=1S/C18H25N5O2S/c1-24-16-9-14-15(10-17(16)25-2)20-11-21-18(14)22-7-5-13(6-8-22)23(26-19)12-3-4-12/h9-13H,3-8,19H2,1-2H3. The fourth-order valence-electron chi connectivity index (χ4n) is 3.75. The van der Waals surface area contributed by atoms with Gasteiger partial charge < -0.3 is 14.4 Å². The van der Waals surface area contributed by atoms with E-state index in [4.69, 9.17) is 14.6 Å². The maximum atomic E-state index is 5.91. The summed E-state index contributed by atoms with van der Waals surface area (Å²) in [4.78, 5) is 11.3. The number of fused-ring (bicyclic) bond motifs is 1. The Balaban J connectivity index is 1.57. The van der Waals surface area contributed by atoms with Gasteiger partial charge in [-0.2, -0.15) is 0 Å². The van der Waals surface area contributed by atoms with Gasteiger partial charge in [0.15, 0.2) is 11.5 Å². The zero-order valence-electron chi connectivity index (χ0n) is 15.2. The molecule has 140 valence electrons. The molecule has 4 rings (SSSR count). The van der Waals surface area contributed by atoms with E-state index < -0.39 is 0 Å². The van der Waals surface area contributed by atoms with Crippen LogP contribution >= 0.6 is 12.1 Å². The summed E-state index contributed by atoms with van der Waals surface area (Å²) in [5, 5.41) is 6.90. The first kappa shape index (κ1) is 17.6. The summed E-state index contributed by atoms with van der Waals surface area (Å²) in [5.74, 6) is 2.35. The molecule has 1 aromatic heterocycles. The zero-order valence-corrected chi connectivity index (χ0v) is 16.0. The minimum absolute atomic E-state index is 0.552. The smallest absolute Gasteiger partial charge is 0.162 e. The first-order valence-electron chi connectivity index (χ1n) is 9.02. The van der Waals surface area contributed by atoms with Crippen LogP contribution in [0.3, 0.4) is 0 Å². The number of nitrogens with zero attached hydrogens (tertiary/aromatic N) is 4. The van der Waals surface area contributed by atoms with Gasteiger partial charge in [0.1, 0.15) is 12.1 Å². The van der Waals surface area contributed by atoms with E-state index in [2.05, 4.69) is 19.2 Å². The molecule has 0 bridgehead atoms. The summed E-state index contributed by atoms with van der Waals surface area (Å²) in [5.41, 5.74) is 0.867. The molecule has 0 unspecified atom stereocenters. The third-order valence-corrected chi connectivity index (χ3v) is 6.11. The summed E-state index contributed by atoms with van der Waals surface area (Å²) in [6.07, 6.45) is 6.38.